The van der Waals surface area contributed by atoms with Crippen LogP contribution in [-0.2, 0) is 0 Å². The van der Waals surface area contributed by atoms with E-state index in [2.05, 4.69) is 25.5 Å². The Balaban J connectivity index is 2.03. The maximum atomic E-state index is 12.8. The summed E-state index contributed by atoms with van der Waals surface area (Å²) in [7, 11) is 7.88. The van der Waals surface area contributed by atoms with Crippen molar-refractivity contribution in [2.75, 3.05) is 54.4 Å². The van der Waals surface area contributed by atoms with Crippen LogP contribution in [0.25, 0.3) is 28.3 Å². The number of nitrogens with one attached hydrogen (secondary N) is 3. The van der Waals surface area contributed by atoms with Gasteiger partial charge in [0.25, 0.3) is 5.91 Å². The lowest BCUT2D eigenvalue weighted by Gasteiger charge is -2.11. The maximum absolute atomic E-state index is 12.8. The number of hydrogen-bond donors (Lipinski definition) is 4. The summed E-state index contributed by atoms with van der Waals surface area (Å²) in [6.07, 6.45) is 3.24. The molecular formula is C24H32N6O4. The van der Waals surface area contributed by atoms with Gasteiger partial charge in [-0.2, -0.15) is 0 Å². The van der Waals surface area contributed by atoms with Crippen molar-refractivity contribution < 1.29 is 9.90 Å². The van der Waals surface area contributed by atoms with Crippen molar-refractivity contribution in [3.05, 3.63) is 49.4 Å². The lowest BCUT2D eigenvalue weighted by atomic mass is 10.1. The van der Waals surface area contributed by atoms with E-state index in [0.29, 0.717) is 18.3 Å². The molecule has 0 bridgehead atoms. The van der Waals surface area contributed by atoms with Crippen molar-refractivity contribution in [2.45, 2.75) is 12.8 Å². The van der Waals surface area contributed by atoms with Crippen LogP contribution >= 0.6 is 0 Å². The first-order valence-corrected chi connectivity index (χ1v) is 11.2. The van der Waals surface area contributed by atoms with E-state index in [-0.39, 0.29) is 39.3 Å². The highest BCUT2D eigenvalue weighted by atomic mass is 16.3. The Kier molecular flexibility index (Phi) is 8.19. The van der Waals surface area contributed by atoms with Crippen LogP contribution in [0.3, 0.4) is 0 Å². The van der Waals surface area contributed by atoms with Crippen molar-refractivity contribution in [3.63, 3.8) is 0 Å². The van der Waals surface area contributed by atoms with E-state index in [4.69, 9.17) is 0 Å². The van der Waals surface area contributed by atoms with Gasteiger partial charge in [0.05, 0.1) is 16.3 Å². The quantitative estimate of drug-likeness (QED) is 0.238. The summed E-state index contributed by atoms with van der Waals surface area (Å²) in [5, 5.41) is 16.7. The van der Waals surface area contributed by atoms with Crippen LogP contribution in [0.5, 0.6) is 5.75 Å². The number of H-pyrrole nitrogens is 1. The molecule has 1 amide bonds. The third-order valence-corrected chi connectivity index (χ3v) is 5.38. The Morgan fingerprint density at radius 1 is 1.00 bits per heavy atom. The van der Waals surface area contributed by atoms with Gasteiger partial charge >= 0.3 is 0 Å². The van der Waals surface area contributed by atoms with E-state index in [1.807, 2.05) is 33.1 Å². The fourth-order valence-electron chi connectivity index (χ4n) is 3.63. The molecule has 182 valence electrons. The first kappa shape index (κ1) is 25.1. The molecule has 1 aromatic heterocycles. The number of fused-ring (bicyclic) bond motifs is 2. The standard InChI is InChI=1S/C24H32N6O4/c1-29(2)11-5-9-25-14-16-18(32)13-19(33)23-21(16)28-22-17(31)8-7-15(20(22)27-23)24(34)26-10-6-12-30(3)4/h7-8,13-14,25,27,32H,5-6,9-12H2,1-4H3,(H,26,34)/b16-14-. The Labute approximate surface area is 197 Å². The van der Waals surface area contributed by atoms with E-state index >= 15 is 0 Å². The zero-order valence-corrected chi connectivity index (χ0v) is 20.1. The molecule has 0 unspecified atom stereocenters. The SMILES string of the molecule is CN(C)CCCN/C=c1/c(O)cc(=O)c2[nH]c3c(C(=O)NCCCN(C)C)ccc(=O)c3nc12. The van der Waals surface area contributed by atoms with Gasteiger partial charge in [-0.3, -0.25) is 14.4 Å². The minimum absolute atomic E-state index is 0.0284. The van der Waals surface area contributed by atoms with Crippen LogP contribution in [0.2, 0.25) is 0 Å². The molecule has 0 spiro atoms. The monoisotopic (exact) mass is 468 g/mol. The Morgan fingerprint density at radius 2 is 1.68 bits per heavy atom. The van der Waals surface area contributed by atoms with Gasteiger partial charge in [-0.1, -0.05) is 0 Å². The van der Waals surface area contributed by atoms with Crippen LogP contribution in [0.15, 0.2) is 27.8 Å². The van der Waals surface area contributed by atoms with Crippen LogP contribution in [-0.4, -0.2) is 85.2 Å². The summed E-state index contributed by atoms with van der Waals surface area (Å²) in [4.78, 5) is 49.5. The van der Waals surface area contributed by atoms with Crippen molar-refractivity contribution in [1.29, 1.82) is 0 Å². The van der Waals surface area contributed by atoms with Crippen molar-refractivity contribution in [2.24, 2.45) is 0 Å². The maximum Gasteiger partial charge on any atom is 0.253 e. The molecule has 0 aliphatic heterocycles. The molecule has 3 aromatic rings. The summed E-state index contributed by atoms with van der Waals surface area (Å²) >= 11 is 0. The third-order valence-electron chi connectivity index (χ3n) is 5.38. The first-order valence-electron chi connectivity index (χ1n) is 11.2. The molecule has 34 heavy (non-hydrogen) atoms. The number of phenols is 1. The van der Waals surface area contributed by atoms with Gasteiger partial charge in [0.15, 0.2) is 0 Å². The van der Waals surface area contributed by atoms with E-state index in [9.17, 15) is 19.5 Å². The third kappa shape index (κ3) is 5.89. The molecule has 2 aromatic carbocycles. The second-order valence-corrected chi connectivity index (χ2v) is 8.77. The van der Waals surface area contributed by atoms with Gasteiger partial charge < -0.3 is 30.5 Å². The lowest BCUT2D eigenvalue weighted by Crippen LogP contribution is -2.28. The molecule has 0 radical (unpaired) electrons. The molecule has 0 fully saturated rings. The topological polar surface area (TPSA) is 131 Å². The van der Waals surface area contributed by atoms with Gasteiger partial charge in [0.1, 0.15) is 22.3 Å². The molecule has 4 N–H and O–H groups in total. The average Bonchev–Trinajstić information content (AvgIpc) is 2.77. The molecule has 10 nitrogen and oxygen atoms in total. The minimum atomic E-state index is -0.486. The first-order chi connectivity index (χ1) is 16.2. The predicted molar refractivity (Wildman–Crippen MR) is 134 cm³/mol. The largest absolute Gasteiger partial charge is 0.507 e. The van der Waals surface area contributed by atoms with Gasteiger partial charge in [0, 0.05) is 25.4 Å². The number of phenolic OH excluding ortho intramolecular Hbond substituents is 1. The summed E-state index contributed by atoms with van der Waals surface area (Å²) in [6, 6.07) is 3.81. The zero-order valence-electron chi connectivity index (χ0n) is 20.1. The molecule has 0 saturated carbocycles. The number of aromatic nitrogens is 2. The van der Waals surface area contributed by atoms with E-state index in [1.165, 1.54) is 12.1 Å². The van der Waals surface area contributed by atoms with E-state index in [1.54, 1.807) is 6.20 Å². The van der Waals surface area contributed by atoms with Crippen molar-refractivity contribution in [1.82, 2.24) is 30.4 Å². The number of aromatic hydroxyl groups is 1. The fourth-order valence-corrected chi connectivity index (χ4v) is 3.63. The lowest BCUT2D eigenvalue weighted by molar-refractivity contribution is 0.0953. The molecule has 3 rings (SSSR count). The predicted octanol–water partition coefficient (Wildman–Crippen LogP) is -0.178. The number of benzene rings is 2. The van der Waals surface area contributed by atoms with Gasteiger partial charge in [-0.15, -0.1) is 0 Å². The van der Waals surface area contributed by atoms with Gasteiger partial charge in [-0.05, 0) is 66.3 Å². The molecule has 10 heteroatoms. The molecule has 0 aliphatic rings. The Hall–Kier alpha value is -3.50. The highest BCUT2D eigenvalue weighted by Gasteiger charge is 2.16. The second-order valence-electron chi connectivity index (χ2n) is 8.77. The van der Waals surface area contributed by atoms with E-state index < -0.39 is 10.9 Å². The number of rotatable bonds is 10. The van der Waals surface area contributed by atoms with Gasteiger partial charge in [0.2, 0.25) is 10.9 Å². The minimum Gasteiger partial charge on any atom is -0.507 e. The highest BCUT2D eigenvalue weighted by Crippen LogP contribution is 2.15. The van der Waals surface area contributed by atoms with Crippen LogP contribution in [0, 0.1) is 0 Å². The Morgan fingerprint density at radius 3 is 2.35 bits per heavy atom. The molecular weight excluding hydrogens is 436 g/mol. The number of hydrogen-bond acceptors (Lipinski definition) is 8. The summed E-state index contributed by atoms with van der Waals surface area (Å²) in [5.74, 6) is -0.596. The number of nitrogens with zero attached hydrogens (tertiary/aromatic N) is 3. The normalized spacial score (nSPS) is 12.2. The fraction of sp³-hybridized carbons (Fsp3) is 0.417. The summed E-state index contributed by atoms with van der Waals surface area (Å²) in [6.45, 7) is 2.84. The van der Waals surface area contributed by atoms with Crippen LogP contribution in [0.1, 0.15) is 23.2 Å². The molecule has 0 saturated heterocycles. The number of aromatic amines is 1. The number of carbonyl (C=O) groups excluding carboxylic acids is 1. The smallest absolute Gasteiger partial charge is 0.253 e. The van der Waals surface area contributed by atoms with Crippen molar-refractivity contribution in [3.8, 4) is 5.75 Å². The average molecular weight is 469 g/mol. The van der Waals surface area contributed by atoms with Crippen LogP contribution in [0.4, 0.5) is 0 Å². The number of carbonyl (C=O) groups is 1. The van der Waals surface area contributed by atoms with Crippen molar-refractivity contribution >= 4 is 34.2 Å². The second kappa shape index (κ2) is 11.1. The molecule has 1 heterocycles. The van der Waals surface area contributed by atoms with Gasteiger partial charge in [-0.25, -0.2) is 4.98 Å². The molecule has 0 atom stereocenters. The zero-order chi connectivity index (χ0) is 24.8. The summed E-state index contributed by atoms with van der Waals surface area (Å²) in [5.41, 5.74) is -0.150. The Bertz CT molecular complexity index is 1350. The summed E-state index contributed by atoms with van der Waals surface area (Å²) < 4.78 is 0. The van der Waals surface area contributed by atoms with E-state index in [0.717, 1.165) is 32.0 Å². The molecule has 0 aliphatic carbocycles. The van der Waals surface area contributed by atoms with Crippen LogP contribution < -0.4 is 26.7 Å². The number of amides is 1. The highest BCUT2D eigenvalue weighted by molar-refractivity contribution is 6.06.